The summed E-state index contributed by atoms with van der Waals surface area (Å²) in [7, 11) is 1.23. The zero-order valence-electron chi connectivity index (χ0n) is 8.77. The number of hydrogen-bond donors (Lipinski definition) is 3. The number of nitrogens with two attached hydrogens (primary N) is 1. The molecule has 0 unspecified atom stereocenters. The van der Waals surface area contributed by atoms with E-state index in [-0.39, 0.29) is 22.9 Å². The van der Waals surface area contributed by atoms with E-state index in [2.05, 4.69) is 9.68 Å². The molecule has 17 heavy (non-hydrogen) atoms. The van der Waals surface area contributed by atoms with E-state index in [1.165, 1.54) is 13.2 Å². The Labute approximate surface area is 95.0 Å². The first-order chi connectivity index (χ1) is 8.04. The Hall–Kier alpha value is -2.44. The van der Waals surface area contributed by atoms with Crippen molar-refractivity contribution in [3.8, 4) is 28.5 Å². The van der Waals surface area contributed by atoms with Crippen molar-refractivity contribution in [1.82, 2.24) is 5.16 Å². The van der Waals surface area contributed by atoms with Gasteiger partial charge in [0.2, 0.25) is 5.88 Å². The smallest absolute Gasteiger partial charge is 0.222 e. The summed E-state index contributed by atoms with van der Waals surface area (Å²) in [6, 6.07) is 2.18. The molecule has 0 fully saturated rings. The summed E-state index contributed by atoms with van der Waals surface area (Å²) < 4.78 is 23.2. The Morgan fingerprint density at radius 2 is 2.12 bits per heavy atom. The van der Waals surface area contributed by atoms with Crippen LogP contribution in [0.15, 0.2) is 16.7 Å². The third-order valence-electron chi connectivity index (χ3n) is 2.19. The predicted octanol–water partition coefficient (Wildman–Crippen LogP) is 1.48. The monoisotopic (exact) mass is 240 g/mol. The first-order valence-corrected chi connectivity index (χ1v) is 4.55. The van der Waals surface area contributed by atoms with E-state index < -0.39 is 17.3 Å². The molecule has 2 aromatic rings. The van der Waals surface area contributed by atoms with Crippen molar-refractivity contribution in [3.63, 3.8) is 0 Å². The number of nitrogen functional groups attached to an aromatic ring is 1. The minimum absolute atomic E-state index is 0.0355. The zero-order valence-corrected chi connectivity index (χ0v) is 8.77. The fraction of sp³-hybridized carbons (Fsp3) is 0.100. The summed E-state index contributed by atoms with van der Waals surface area (Å²) in [5.41, 5.74) is 4.93. The molecule has 0 aliphatic carbocycles. The van der Waals surface area contributed by atoms with Crippen LogP contribution in [0.3, 0.4) is 0 Å². The summed E-state index contributed by atoms with van der Waals surface area (Å²) in [5.74, 6) is -2.31. The Balaban J connectivity index is 2.71. The highest BCUT2D eigenvalue weighted by molar-refractivity contribution is 5.74. The van der Waals surface area contributed by atoms with Crippen LogP contribution in [0, 0.1) is 5.82 Å². The molecule has 4 N–H and O–H groups in total. The van der Waals surface area contributed by atoms with Gasteiger partial charge in [-0.05, 0) is 0 Å². The second kappa shape index (κ2) is 3.85. The lowest BCUT2D eigenvalue weighted by atomic mass is 10.1. The number of anilines is 1. The van der Waals surface area contributed by atoms with E-state index in [0.717, 1.165) is 6.07 Å². The van der Waals surface area contributed by atoms with Crippen LogP contribution in [0.25, 0.3) is 11.3 Å². The van der Waals surface area contributed by atoms with Gasteiger partial charge < -0.3 is 25.2 Å². The van der Waals surface area contributed by atoms with Crippen molar-refractivity contribution in [2.45, 2.75) is 0 Å². The Kier molecular flexibility index (Phi) is 2.51. The van der Waals surface area contributed by atoms with Gasteiger partial charge in [0.1, 0.15) is 5.69 Å². The Morgan fingerprint density at radius 1 is 1.41 bits per heavy atom. The van der Waals surface area contributed by atoms with Gasteiger partial charge in [0.05, 0.1) is 12.7 Å². The molecule has 0 radical (unpaired) electrons. The molecule has 0 amide bonds. The van der Waals surface area contributed by atoms with Gasteiger partial charge in [-0.3, -0.25) is 0 Å². The minimum Gasteiger partial charge on any atom is -0.504 e. The number of aromatic nitrogens is 1. The fourth-order valence-electron chi connectivity index (χ4n) is 1.40. The van der Waals surface area contributed by atoms with E-state index in [1.807, 2.05) is 0 Å². The molecule has 6 nitrogen and oxygen atoms in total. The average Bonchev–Trinajstić information content (AvgIpc) is 2.70. The lowest BCUT2D eigenvalue weighted by Crippen LogP contribution is -1.93. The maximum absolute atomic E-state index is 13.9. The van der Waals surface area contributed by atoms with Gasteiger partial charge in [0, 0.05) is 12.1 Å². The molecular formula is C10H9FN2O4. The molecule has 0 saturated heterocycles. The highest BCUT2D eigenvalue weighted by atomic mass is 19.1. The molecule has 2 rings (SSSR count). The zero-order chi connectivity index (χ0) is 12.6. The summed E-state index contributed by atoms with van der Waals surface area (Å²) in [4.78, 5) is 0. The molecular weight excluding hydrogens is 231 g/mol. The quantitative estimate of drug-likeness (QED) is 0.687. The minimum atomic E-state index is -0.865. The van der Waals surface area contributed by atoms with Crippen LogP contribution in [0.5, 0.6) is 17.2 Å². The van der Waals surface area contributed by atoms with E-state index in [4.69, 9.17) is 10.5 Å². The third-order valence-corrected chi connectivity index (χ3v) is 2.19. The predicted molar refractivity (Wildman–Crippen MR) is 56.2 cm³/mol. The first-order valence-electron chi connectivity index (χ1n) is 4.55. The average molecular weight is 240 g/mol. The third kappa shape index (κ3) is 1.71. The van der Waals surface area contributed by atoms with Crippen molar-refractivity contribution in [3.05, 3.63) is 17.9 Å². The molecule has 0 saturated carbocycles. The van der Waals surface area contributed by atoms with Crippen LogP contribution in [-0.2, 0) is 0 Å². The lowest BCUT2D eigenvalue weighted by molar-refractivity contribution is 0.366. The molecule has 1 aromatic carbocycles. The van der Waals surface area contributed by atoms with Crippen molar-refractivity contribution in [2.75, 3.05) is 12.8 Å². The van der Waals surface area contributed by atoms with E-state index in [9.17, 15) is 14.6 Å². The summed E-state index contributed by atoms with van der Waals surface area (Å²) in [6.07, 6.45) is 0. The van der Waals surface area contributed by atoms with Gasteiger partial charge >= 0.3 is 0 Å². The van der Waals surface area contributed by atoms with Crippen LogP contribution < -0.4 is 10.5 Å². The van der Waals surface area contributed by atoms with E-state index in [0.29, 0.717) is 0 Å². The molecule has 0 atom stereocenters. The number of methoxy groups -OCH3 is 1. The fourth-order valence-corrected chi connectivity index (χ4v) is 1.40. The van der Waals surface area contributed by atoms with Crippen molar-refractivity contribution >= 4 is 5.88 Å². The molecule has 90 valence electrons. The molecule has 0 aliphatic rings. The number of ether oxygens (including phenoxy) is 1. The molecule has 0 spiro atoms. The van der Waals surface area contributed by atoms with Crippen LogP contribution in [0.1, 0.15) is 0 Å². The summed E-state index contributed by atoms with van der Waals surface area (Å²) >= 11 is 0. The first kappa shape index (κ1) is 11.1. The number of halogens is 1. The van der Waals surface area contributed by atoms with Crippen LogP contribution in [0.2, 0.25) is 0 Å². The van der Waals surface area contributed by atoms with Gasteiger partial charge in [0.15, 0.2) is 23.1 Å². The second-order valence-corrected chi connectivity index (χ2v) is 3.25. The topological polar surface area (TPSA) is 102 Å². The van der Waals surface area contributed by atoms with Gasteiger partial charge in [0.25, 0.3) is 0 Å². The molecule has 1 aromatic heterocycles. The maximum Gasteiger partial charge on any atom is 0.222 e. The summed E-state index contributed by atoms with van der Waals surface area (Å²) in [5, 5.41) is 22.5. The van der Waals surface area contributed by atoms with Crippen molar-refractivity contribution in [1.29, 1.82) is 0 Å². The van der Waals surface area contributed by atoms with Gasteiger partial charge in [-0.15, -0.1) is 0 Å². The largest absolute Gasteiger partial charge is 0.504 e. The molecule has 1 heterocycles. The number of benzene rings is 1. The SMILES string of the molecule is COc1cc(O)c(O)c(-c2cc(N)on2)c1F. The molecule has 0 aliphatic heterocycles. The summed E-state index contributed by atoms with van der Waals surface area (Å²) in [6.45, 7) is 0. The van der Waals surface area contributed by atoms with Crippen LogP contribution >= 0.6 is 0 Å². The number of phenolic OH excluding ortho intramolecular Hbond substituents is 2. The highest BCUT2D eigenvalue weighted by Crippen LogP contribution is 2.42. The van der Waals surface area contributed by atoms with Crippen molar-refractivity contribution in [2.24, 2.45) is 0 Å². The second-order valence-electron chi connectivity index (χ2n) is 3.25. The lowest BCUT2D eigenvalue weighted by Gasteiger charge is -2.09. The van der Waals surface area contributed by atoms with E-state index in [1.54, 1.807) is 0 Å². The van der Waals surface area contributed by atoms with Crippen molar-refractivity contribution < 1.29 is 23.9 Å². The number of rotatable bonds is 2. The number of hydrogen-bond acceptors (Lipinski definition) is 6. The Morgan fingerprint density at radius 3 is 2.65 bits per heavy atom. The maximum atomic E-state index is 13.9. The van der Waals surface area contributed by atoms with Gasteiger partial charge in [-0.2, -0.15) is 0 Å². The highest BCUT2D eigenvalue weighted by Gasteiger charge is 2.22. The number of nitrogens with zero attached hydrogens (tertiary/aromatic N) is 1. The molecule has 0 bridgehead atoms. The number of phenols is 2. The van der Waals surface area contributed by atoms with Crippen LogP contribution in [0.4, 0.5) is 10.3 Å². The van der Waals surface area contributed by atoms with Gasteiger partial charge in [-0.25, -0.2) is 4.39 Å². The van der Waals surface area contributed by atoms with Gasteiger partial charge in [-0.1, -0.05) is 5.16 Å². The molecule has 7 heteroatoms. The van der Waals surface area contributed by atoms with E-state index >= 15 is 0 Å². The van der Waals surface area contributed by atoms with Crippen LogP contribution in [-0.4, -0.2) is 22.5 Å². The Bertz CT molecular complexity index is 568. The normalized spacial score (nSPS) is 10.5. The standard InChI is InChI=1S/C10H9FN2O4/c1-16-6-3-5(14)10(15)8(9(6)11)4-2-7(12)17-13-4/h2-3,14-15H,12H2,1H3. The number of aromatic hydroxyl groups is 2.